The highest BCUT2D eigenvalue weighted by atomic mass is 32.1. The molecule has 5 nitrogen and oxygen atoms in total. The Balaban J connectivity index is 1.77. The molecule has 0 spiro atoms. The molecule has 1 fully saturated rings. The van der Waals surface area contributed by atoms with Crippen molar-refractivity contribution in [2.45, 2.75) is 26.0 Å². The first-order valence-corrected chi connectivity index (χ1v) is 7.70. The Labute approximate surface area is 121 Å². The summed E-state index contributed by atoms with van der Waals surface area (Å²) in [6.45, 7) is 3.42. The van der Waals surface area contributed by atoms with Gasteiger partial charge in [0.1, 0.15) is 6.10 Å². The Bertz CT molecular complexity index is 579. The molecule has 6 heteroatoms. The number of rotatable bonds is 4. The van der Waals surface area contributed by atoms with Gasteiger partial charge in [-0.05, 0) is 30.9 Å². The van der Waals surface area contributed by atoms with E-state index >= 15 is 0 Å². The number of aromatic nitrogens is 2. The van der Waals surface area contributed by atoms with Gasteiger partial charge in [-0.1, -0.05) is 0 Å². The van der Waals surface area contributed by atoms with E-state index in [0.717, 1.165) is 24.3 Å². The fourth-order valence-electron chi connectivity index (χ4n) is 2.57. The molecule has 2 aromatic rings. The number of ether oxygens (including phenoxy) is 1. The molecule has 0 bridgehead atoms. The van der Waals surface area contributed by atoms with Crippen LogP contribution in [0.15, 0.2) is 29.1 Å². The van der Waals surface area contributed by atoms with Gasteiger partial charge in [-0.2, -0.15) is 16.4 Å². The van der Waals surface area contributed by atoms with E-state index in [1.165, 1.54) is 0 Å². The van der Waals surface area contributed by atoms with Gasteiger partial charge >= 0.3 is 0 Å². The monoisotopic (exact) mass is 291 g/mol. The van der Waals surface area contributed by atoms with Crippen LogP contribution in [0.2, 0.25) is 0 Å². The molecule has 0 radical (unpaired) electrons. The lowest BCUT2D eigenvalue weighted by Gasteiger charge is -2.18. The maximum atomic E-state index is 12.4. The van der Waals surface area contributed by atoms with E-state index in [0.29, 0.717) is 6.61 Å². The van der Waals surface area contributed by atoms with Gasteiger partial charge in [-0.25, -0.2) is 0 Å². The Morgan fingerprint density at radius 3 is 3.25 bits per heavy atom. The smallest absolute Gasteiger partial charge is 0.230 e. The summed E-state index contributed by atoms with van der Waals surface area (Å²) in [6, 6.07) is 3.84. The van der Waals surface area contributed by atoms with E-state index in [1.54, 1.807) is 17.5 Å². The molecule has 106 valence electrons. The molecule has 1 aliphatic rings. The number of nitrogens with one attached hydrogen (secondary N) is 1. The summed E-state index contributed by atoms with van der Waals surface area (Å²) in [5, 5.41) is 11.1. The lowest BCUT2D eigenvalue weighted by Crippen LogP contribution is -2.26. The number of aryl methyl sites for hydroxylation is 1. The number of hydrogen-bond donors (Lipinski definition) is 1. The van der Waals surface area contributed by atoms with Crippen LogP contribution in [0.3, 0.4) is 0 Å². The van der Waals surface area contributed by atoms with E-state index in [-0.39, 0.29) is 17.9 Å². The van der Waals surface area contributed by atoms with Crippen LogP contribution in [0.25, 0.3) is 0 Å². The van der Waals surface area contributed by atoms with E-state index in [1.807, 2.05) is 34.5 Å². The Kier molecular flexibility index (Phi) is 3.84. The second-order valence-corrected chi connectivity index (χ2v) is 5.54. The third kappa shape index (κ3) is 2.48. The number of carbonyl (C=O) groups is 1. The van der Waals surface area contributed by atoms with Crippen LogP contribution >= 0.6 is 11.3 Å². The summed E-state index contributed by atoms with van der Waals surface area (Å²) in [5.74, 6) is -0.133. The molecular weight excluding hydrogens is 274 g/mol. The maximum absolute atomic E-state index is 12.4. The zero-order valence-electron chi connectivity index (χ0n) is 11.3. The van der Waals surface area contributed by atoms with Crippen molar-refractivity contribution in [3.8, 4) is 0 Å². The van der Waals surface area contributed by atoms with Gasteiger partial charge in [0.15, 0.2) is 0 Å². The summed E-state index contributed by atoms with van der Waals surface area (Å²) in [7, 11) is 0. The minimum Gasteiger partial charge on any atom is -0.371 e. The van der Waals surface area contributed by atoms with Gasteiger partial charge in [-0.3, -0.25) is 9.48 Å². The number of amides is 1. The van der Waals surface area contributed by atoms with Gasteiger partial charge in [-0.15, -0.1) is 0 Å². The highest BCUT2D eigenvalue weighted by Crippen LogP contribution is 2.35. The zero-order valence-corrected chi connectivity index (χ0v) is 12.1. The molecule has 3 rings (SSSR count). The van der Waals surface area contributed by atoms with E-state index in [9.17, 15) is 4.79 Å². The van der Waals surface area contributed by atoms with Crippen molar-refractivity contribution in [1.29, 1.82) is 0 Å². The fraction of sp³-hybridized carbons (Fsp3) is 0.429. The van der Waals surface area contributed by atoms with Crippen molar-refractivity contribution in [2.24, 2.45) is 5.92 Å². The van der Waals surface area contributed by atoms with Crippen LogP contribution in [0, 0.1) is 5.92 Å². The first kappa shape index (κ1) is 13.3. The van der Waals surface area contributed by atoms with Crippen molar-refractivity contribution in [1.82, 2.24) is 9.78 Å². The van der Waals surface area contributed by atoms with Gasteiger partial charge in [0, 0.05) is 24.7 Å². The lowest BCUT2D eigenvalue weighted by molar-refractivity contribution is -0.121. The Morgan fingerprint density at radius 2 is 2.50 bits per heavy atom. The predicted molar refractivity (Wildman–Crippen MR) is 77.6 cm³/mol. The topological polar surface area (TPSA) is 56.2 Å². The number of hydrogen-bond acceptors (Lipinski definition) is 4. The number of thiophene rings is 1. The molecule has 2 atom stereocenters. The summed E-state index contributed by atoms with van der Waals surface area (Å²) < 4.78 is 7.66. The van der Waals surface area contributed by atoms with E-state index in [2.05, 4.69) is 10.4 Å². The molecule has 1 saturated heterocycles. The van der Waals surface area contributed by atoms with Crippen molar-refractivity contribution in [3.63, 3.8) is 0 Å². The second-order valence-electron chi connectivity index (χ2n) is 4.76. The minimum absolute atomic E-state index is 0.0229. The van der Waals surface area contributed by atoms with Gasteiger partial charge < -0.3 is 10.1 Å². The fourth-order valence-corrected chi connectivity index (χ4v) is 3.16. The molecule has 2 aromatic heterocycles. The summed E-state index contributed by atoms with van der Waals surface area (Å²) in [4.78, 5) is 12.4. The second kappa shape index (κ2) is 5.76. The molecule has 20 heavy (non-hydrogen) atoms. The summed E-state index contributed by atoms with van der Waals surface area (Å²) in [5.41, 5.74) is 1.84. The largest absolute Gasteiger partial charge is 0.371 e. The van der Waals surface area contributed by atoms with Crippen LogP contribution in [0.4, 0.5) is 5.69 Å². The van der Waals surface area contributed by atoms with Gasteiger partial charge in [0.25, 0.3) is 0 Å². The molecule has 0 aliphatic carbocycles. The standard InChI is InChI=1S/C14H17N3O2S/c1-2-17-12(3-6-15-17)13-11(4-7-19-13)14(18)16-10-5-8-20-9-10/h3,5-6,8-9,11,13H,2,4,7H2,1H3,(H,16,18)/t11-,13-/m1/s1. The maximum Gasteiger partial charge on any atom is 0.230 e. The van der Waals surface area contributed by atoms with Crippen LogP contribution in [-0.2, 0) is 16.1 Å². The predicted octanol–water partition coefficient (Wildman–Crippen LogP) is 2.68. The van der Waals surface area contributed by atoms with Crippen molar-refractivity contribution < 1.29 is 9.53 Å². The number of nitrogens with zero attached hydrogens (tertiary/aromatic N) is 2. The van der Waals surface area contributed by atoms with E-state index < -0.39 is 0 Å². The van der Waals surface area contributed by atoms with Crippen molar-refractivity contribution in [2.75, 3.05) is 11.9 Å². The first-order valence-electron chi connectivity index (χ1n) is 6.76. The van der Waals surface area contributed by atoms with Crippen molar-refractivity contribution >= 4 is 22.9 Å². The highest BCUT2D eigenvalue weighted by molar-refractivity contribution is 7.08. The molecule has 1 amide bonds. The number of anilines is 1. The molecule has 0 saturated carbocycles. The first-order chi connectivity index (χ1) is 9.79. The lowest BCUT2D eigenvalue weighted by atomic mass is 9.98. The molecule has 1 aliphatic heterocycles. The average molecular weight is 291 g/mol. The van der Waals surface area contributed by atoms with Crippen LogP contribution in [0.5, 0.6) is 0 Å². The minimum atomic E-state index is -0.198. The molecule has 1 N–H and O–H groups in total. The molecule has 0 aromatic carbocycles. The highest BCUT2D eigenvalue weighted by Gasteiger charge is 2.37. The Morgan fingerprint density at radius 1 is 1.60 bits per heavy atom. The van der Waals surface area contributed by atoms with Crippen LogP contribution < -0.4 is 5.32 Å². The quantitative estimate of drug-likeness (QED) is 0.942. The molecule has 0 unspecified atom stereocenters. The molecular formula is C14H17N3O2S. The normalized spacial score (nSPS) is 22.1. The SMILES string of the molecule is CCn1nccc1[C@@H]1OCC[C@H]1C(=O)Nc1ccsc1. The van der Waals surface area contributed by atoms with Crippen LogP contribution in [-0.4, -0.2) is 22.3 Å². The van der Waals surface area contributed by atoms with Crippen LogP contribution in [0.1, 0.15) is 25.1 Å². The van der Waals surface area contributed by atoms with Crippen molar-refractivity contribution in [3.05, 3.63) is 34.8 Å². The number of carbonyl (C=O) groups excluding carboxylic acids is 1. The third-order valence-corrected chi connectivity index (χ3v) is 4.24. The molecule has 3 heterocycles. The van der Waals surface area contributed by atoms with E-state index in [4.69, 9.17) is 4.74 Å². The zero-order chi connectivity index (χ0) is 13.9. The van der Waals surface area contributed by atoms with Gasteiger partial charge in [0.2, 0.25) is 5.91 Å². The van der Waals surface area contributed by atoms with Gasteiger partial charge in [0.05, 0.1) is 17.3 Å². The summed E-state index contributed by atoms with van der Waals surface area (Å²) >= 11 is 1.57. The summed E-state index contributed by atoms with van der Waals surface area (Å²) in [6.07, 6.45) is 2.31. The third-order valence-electron chi connectivity index (χ3n) is 3.56. The average Bonchev–Trinajstić information content (AvgIpc) is 3.18. The Hall–Kier alpha value is -1.66.